The number of hydrogen-bond acceptors (Lipinski definition) is 3. The van der Waals surface area contributed by atoms with Crippen LogP contribution < -0.4 is 5.73 Å². The van der Waals surface area contributed by atoms with Crippen molar-refractivity contribution in [1.29, 1.82) is 0 Å². The molecule has 4 nitrogen and oxygen atoms in total. The molecule has 2 N–H and O–H groups in total. The molecule has 0 aromatic heterocycles. The predicted octanol–water partition coefficient (Wildman–Crippen LogP) is 1.57. The number of nitrogens with two attached hydrogens (primary N) is 1. The summed E-state index contributed by atoms with van der Waals surface area (Å²) in [5, 5.41) is 0. The van der Waals surface area contributed by atoms with Gasteiger partial charge in [0.15, 0.2) is 0 Å². The molecule has 1 saturated carbocycles. The molecular formula is C12H26N2O2S. The topological polar surface area (TPSA) is 63.4 Å². The van der Waals surface area contributed by atoms with E-state index in [1.54, 1.807) is 7.05 Å². The first-order valence-electron chi connectivity index (χ1n) is 6.46. The van der Waals surface area contributed by atoms with Crippen molar-refractivity contribution in [3.63, 3.8) is 0 Å². The minimum atomic E-state index is -3.18. The van der Waals surface area contributed by atoms with Crippen molar-refractivity contribution in [3.8, 4) is 0 Å². The summed E-state index contributed by atoms with van der Waals surface area (Å²) in [6.45, 7) is 4.07. The number of nitrogens with zero attached hydrogens (tertiary/aromatic N) is 1. The van der Waals surface area contributed by atoms with Crippen molar-refractivity contribution >= 4 is 10.0 Å². The lowest BCUT2D eigenvalue weighted by atomic mass is 9.91. The van der Waals surface area contributed by atoms with E-state index < -0.39 is 15.6 Å². The van der Waals surface area contributed by atoms with E-state index in [1.165, 1.54) is 23.6 Å². The van der Waals surface area contributed by atoms with E-state index >= 15 is 0 Å². The van der Waals surface area contributed by atoms with Gasteiger partial charge in [0, 0.05) is 19.1 Å². The van der Waals surface area contributed by atoms with E-state index in [2.05, 4.69) is 0 Å². The maximum atomic E-state index is 12.3. The van der Waals surface area contributed by atoms with Gasteiger partial charge in [-0.25, -0.2) is 8.42 Å². The Morgan fingerprint density at radius 3 is 2.24 bits per heavy atom. The van der Waals surface area contributed by atoms with Crippen molar-refractivity contribution in [2.45, 2.75) is 51.5 Å². The minimum Gasteiger partial charge on any atom is -0.329 e. The molecule has 0 bridgehead atoms. The fraction of sp³-hybridized carbons (Fsp3) is 1.00. The number of rotatable bonds is 5. The maximum Gasteiger partial charge on any atom is 0.214 e. The van der Waals surface area contributed by atoms with Crippen LogP contribution in [-0.4, -0.2) is 37.6 Å². The average Bonchev–Trinajstić information content (AvgIpc) is 2.28. The van der Waals surface area contributed by atoms with Crippen molar-refractivity contribution in [1.82, 2.24) is 4.31 Å². The standard InChI is InChI=1S/C12H26N2O2S/c1-12(2,10-13)14(3)17(15,16)9-11-7-5-4-6-8-11/h11H,4-10,13H2,1-3H3. The fourth-order valence-electron chi connectivity index (χ4n) is 2.27. The molecule has 1 aliphatic rings. The molecule has 1 rings (SSSR count). The van der Waals surface area contributed by atoms with Crippen LogP contribution in [0, 0.1) is 5.92 Å². The summed E-state index contributed by atoms with van der Waals surface area (Å²) in [6, 6.07) is 0. The molecule has 0 saturated heterocycles. The fourth-order valence-corrected chi connectivity index (χ4v) is 4.25. The second kappa shape index (κ2) is 5.67. The van der Waals surface area contributed by atoms with E-state index in [1.807, 2.05) is 13.8 Å². The van der Waals surface area contributed by atoms with Gasteiger partial charge in [-0.3, -0.25) is 0 Å². The summed E-state index contributed by atoms with van der Waals surface area (Å²) in [7, 11) is -1.53. The molecule has 17 heavy (non-hydrogen) atoms. The van der Waals surface area contributed by atoms with Gasteiger partial charge >= 0.3 is 0 Å². The van der Waals surface area contributed by atoms with E-state index in [0.29, 0.717) is 12.5 Å². The molecule has 5 heteroatoms. The average molecular weight is 262 g/mol. The molecule has 1 aliphatic carbocycles. The summed E-state index contributed by atoms with van der Waals surface area (Å²) < 4.78 is 26.0. The van der Waals surface area contributed by atoms with Gasteiger partial charge in [-0.05, 0) is 32.6 Å². The third-order valence-electron chi connectivity index (χ3n) is 3.94. The molecule has 102 valence electrons. The molecule has 0 radical (unpaired) electrons. The summed E-state index contributed by atoms with van der Waals surface area (Å²) in [6.07, 6.45) is 5.70. The largest absolute Gasteiger partial charge is 0.329 e. The monoisotopic (exact) mass is 262 g/mol. The Morgan fingerprint density at radius 1 is 1.24 bits per heavy atom. The van der Waals surface area contributed by atoms with Crippen LogP contribution in [0.4, 0.5) is 0 Å². The zero-order valence-electron chi connectivity index (χ0n) is 11.3. The van der Waals surface area contributed by atoms with Gasteiger partial charge in [-0.2, -0.15) is 4.31 Å². The molecule has 0 aromatic rings. The smallest absolute Gasteiger partial charge is 0.214 e. The van der Waals surface area contributed by atoms with Crippen LogP contribution in [0.15, 0.2) is 0 Å². The number of sulfonamides is 1. The quantitative estimate of drug-likeness (QED) is 0.818. The molecular weight excluding hydrogens is 236 g/mol. The molecule has 0 heterocycles. The van der Waals surface area contributed by atoms with E-state index in [-0.39, 0.29) is 5.75 Å². The number of hydrogen-bond donors (Lipinski definition) is 1. The van der Waals surface area contributed by atoms with Gasteiger partial charge in [0.1, 0.15) is 0 Å². The van der Waals surface area contributed by atoms with Gasteiger partial charge in [0.25, 0.3) is 0 Å². The summed E-state index contributed by atoms with van der Waals surface area (Å²) in [5.74, 6) is 0.622. The van der Waals surface area contributed by atoms with Crippen LogP contribution in [0.3, 0.4) is 0 Å². The van der Waals surface area contributed by atoms with Crippen LogP contribution in [0.2, 0.25) is 0 Å². The van der Waals surface area contributed by atoms with Crippen molar-refractivity contribution in [2.24, 2.45) is 11.7 Å². The molecule has 1 fully saturated rings. The predicted molar refractivity (Wildman–Crippen MR) is 71.3 cm³/mol. The summed E-state index contributed by atoms with van der Waals surface area (Å²) >= 11 is 0. The molecule has 0 aliphatic heterocycles. The zero-order valence-corrected chi connectivity index (χ0v) is 12.1. The third kappa shape index (κ3) is 3.93. The lowest BCUT2D eigenvalue weighted by Gasteiger charge is -2.35. The van der Waals surface area contributed by atoms with Crippen LogP contribution in [0.1, 0.15) is 46.0 Å². The van der Waals surface area contributed by atoms with Crippen molar-refractivity contribution < 1.29 is 8.42 Å². The Morgan fingerprint density at radius 2 is 1.76 bits per heavy atom. The Kier molecular flexibility index (Phi) is 4.98. The van der Waals surface area contributed by atoms with E-state index in [4.69, 9.17) is 5.73 Å². The maximum absolute atomic E-state index is 12.3. The highest BCUT2D eigenvalue weighted by molar-refractivity contribution is 7.89. The molecule has 0 unspecified atom stereocenters. The first-order chi connectivity index (χ1) is 7.79. The minimum absolute atomic E-state index is 0.285. The summed E-state index contributed by atoms with van der Waals surface area (Å²) in [4.78, 5) is 0. The Hall–Kier alpha value is -0.130. The molecule has 0 amide bonds. The second-order valence-electron chi connectivity index (χ2n) is 5.77. The molecule has 0 aromatic carbocycles. The highest BCUT2D eigenvalue weighted by Gasteiger charge is 2.33. The highest BCUT2D eigenvalue weighted by Crippen LogP contribution is 2.27. The van der Waals surface area contributed by atoms with Gasteiger partial charge in [-0.15, -0.1) is 0 Å². The zero-order chi connectivity index (χ0) is 13.1. The lowest BCUT2D eigenvalue weighted by molar-refractivity contribution is 0.269. The highest BCUT2D eigenvalue weighted by atomic mass is 32.2. The first-order valence-corrected chi connectivity index (χ1v) is 8.07. The van der Waals surface area contributed by atoms with Crippen LogP contribution in [0.25, 0.3) is 0 Å². The van der Waals surface area contributed by atoms with Gasteiger partial charge in [-0.1, -0.05) is 19.3 Å². The van der Waals surface area contributed by atoms with Gasteiger partial charge < -0.3 is 5.73 Å². The second-order valence-corrected chi connectivity index (χ2v) is 7.81. The molecule has 0 spiro atoms. The lowest BCUT2D eigenvalue weighted by Crippen LogP contribution is -2.51. The Balaban J connectivity index is 2.67. The summed E-state index contributed by atoms with van der Waals surface area (Å²) in [5.41, 5.74) is 5.14. The van der Waals surface area contributed by atoms with Gasteiger partial charge in [0.05, 0.1) is 5.75 Å². The van der Waals surface area contributed by atoms with Crippen molar-refractivity contribution in [3.05, 3.63) is 0 Å². The van der Waals surface area contributed by atoms with E-state index in [9.17, 15) is 8.42 Å². The SMILES string of the molecule is CN(C(C)(C)CN)S(=O)(=O)CC1CCCCC1. The van der Waals surface area contributed by atoms with Crippen LogP contribution in [-0.2, 0) is 10.0 Å². The Bertz CT molecular complexity index is 332. The van der Waals surface area contributed by atoms with Gasteiger partial charge in [0.2, 0.25) is 10.0 Å². The van der Waals surface area contributed by atoms with E-state index in [0.717, 1.165) is 12.8 Å². The van der Waals surface area contributed by atoms with Crippen LogP contribution in [0.5, 0.6) is 0 Å². The number of likely N-dealkylation sites (N-methyl/N-ethyl adjacent to an activating group) is 1. The normalized spacial score (nSPS) is 19.8. The Labute approximate surface area is 106 Å². The third-order valence-corrected chi connectivity index (χ3v) is 6.16. The molecule has 0 atom stereocenters. The van der Waals surface area contributed by atoms with Crippen molar-refractivity contribution in [2.75, 3.05) is 19.3 Å². The van der Waals surface area contributed by atoms with Crippen LogP contribution >= 0.6 is 0 Å². The first kappa shape index (κ1) is 14.9.